The van der Waals surface area contributed by atoms with Gasteiger partial charge in [0.05, 0.1) is 16.9 Å². The van der Waals surface area contributed by atoms with Crippen LogP contribution in [-0.4, -0.2) is 34.6 Å². The number of imidazole rings is 1. The van der Waals surface area contributed by atoms with Crippen molar-refractivity contribution in [2.24, 2.45) is 0 Å². The first-order valence-electron chi connectivity index (χ1n) is 8.44. The highest BCUT2D eigenvalue weighted by molar-refractivity contribution is 6.35. The van der Waals surface area contributed by atoms with E-state index in [9.17, 15) is 0 Å². The van der Waals surface area contributed by atoms with E-state index in [0.29, 0.717) is 43.5 Å². The maximum Gasteiger partial charge on any atom is 0.206 e. The highest BCUT2D eigenvalue weighted by Crippen LogP contribution is 2.37. The summed E-state index contributed by atoms with van der Waals surface area (Å²) in [6.45, 7) is 0. The molecule has 5 rings (SSSR count). The fourth-order valence-electron chi connectivity index (χ4n) is 3.08. The Kier molecular flexibility index (Phi) is 4.43. The average Bonchev–Trinajstić information content (AvgIpc) is 3.34. The van der Waals surface area contributed by atoms with Crippen molar-refractivity contribution in [2.75, 3.05) is 0 Å². The van der Waals surface area contributed by atoms with Crippen LogP contribution in [0, 0.1) is 0 Å². The van der Waals surface area contributed by atoms with Crippen LogP contribution in [0.3, 0.4) is 0 Å². The normalized spacial score (nSPS) is 11.3. The first-order valence-corrected chi connectivity index (χ1v) is 9.57. The summed E-state index contributed by atoms with van der Waals surface area (Å²) in [5, 5.41) is 14.0. The molecule has 2 aromatic carbocycles. The van der Waals surface area contributed by atoms with Crippen molar-refractivity contribution in [1.82, 2.24) is 34.6 Å². The Morgan fingerprint density at radius 3 is 2.52 bits per heavy atom. The van der Waals surface area contributed by atoms with Gasteiger partial charge in [0.25, 0.3) is 0 Å². The molecule has 0 spiro atoms. The minimum absolute atomic E-state index is 0.483. The second-order valence-corrected chi connectivity index (χ2v) is 7.41. The van der Waals surface area contributed by atoms with Crippen LogP contribution in [0.4, 0.5) is 0 Å². The number of benzene rings is 2. The van der Waals surface area contributed by atoms with Gasteiger partial charge in [-0.1, -0.05) is 34.8 Å². The van der Waals surface area contributed by atoms with Gasteiger partial charge in [0.15, 0.2) is 5.65 Å². The molecule has 0 amide bonds. The SMILES string of the molecule is Clc1ccc(-n2nnnc2-c2c(-c3cc(Cl)ccc3Cl)nc3cnccn23)cc1. The number of hydrogen-bond donors (Lipinski definition) is 0. The van der Waals surface area contributed by atoms with Crippen molar-refractivity contribution in [3.63, 3.8) is 0 Å². The summed E-state index contributed by atoms with van der Waals surface area (Å²) >= 11 is 18.7. The predicted molar refractivity (Wildman–Crippen MR) is 112 cm³/mol. The molecular formula is C19H10Cl3N7. The number of hydrogen-bond acceptors (Lipinski definition) is 5. The molecule has 0 aliphatic heterocycles. The predicted octanol–water partition coefficient (Wildman–Crippen LogP) is 5.00. The van der Waals surface area contributed by atoms with Crippen LogP contribution in [0.1, 0.15) is 0 Å². The largest absolute Gasteiger partial charge is 0.293 e. The van der Waals surface area contributed by atoms with E-state index in [4.69, 9.17) is 39.8 Å². The molecule has 3 heterocycles. The zero-order valence-corrected chi connectivity index (χ0v) is 16.8. The summed E-state index contributed by atoms with van der Waals surface area (Å²) in [4.78, 5) is 8.87. The summed E-state index contributed by atoms with van der Waals surface area (Å²) in [5.41, 5.74) is 3.30. The molecule has 0 saturated heterocycles. The number of fused-ring (bicyclic) bond motifs is 1. The van der Waals surface area contributed by atoms with E-state index in [1.807, 2.05) is 16.5 Å². The quantitative estimate of drug-likeness (QED) is 0.393. The molecule has 10 heteroatoms. The van der Waals surface area contributed by atoms with Gasteiger partial charge in [-0.05, 0) is 52.9 Å². The fraction of sp³-hybridized carbons (Fsp3) is 0. The van der Waals surface area contributed by atoms with Gasteiger partial charge in [0, 0.05) is 28.0 Å². The number of aromatic nitrogens is 7. The first-order chi connectivity index (χ1) is 14.1. The second-order valence-electron chi connectivity index (χ2n) is 6.13. The second kappa shape index (κ2) is 7.11. The zero-order chi connectivity index (χ0) is 20.0. The fourth-order valence-corrected chi connectivity index (χ4v) is 3.58. The van der Waals surface area contributed by atoms with E-state index in [1.165, 1.54) is 0 Å². The lowest BCUT2D eigenvalue weighted by molar-refractivity contribution is 0.790. The van der Waals surface area contributed by atoms with Gasteiger partial charge in [-0.25, -0.2) is 4.98 Å². The topological polar surface area (TPSA) is 73.8 Å². The van der Waals surface area contributed by atoms with Crippen molar-refractivity contribution < 1.29 is 0 Å². The highest BCUT2D eigenvalue weighted by Gasteiger charge is 2.23. The van der Waals surface area contributed by atoms with Gasteiger partial charge in [0.2, 0.25) is 5.82 Å². The van der Waals surface area contributed by atoms with Crippen LogP contribution in [0.2, 0.25) is 15.1 Å². The minimum Gasteiger partial charge on any atom is -0.293 e. The Hall–Kier alpha value is -3.00. The average molecular weight is 443 g/mol. The molecule has 0 aliphatic rings. The standard InChI is InChI=1S/C19H10Cl3N7/c20-11-1-4-13(5-2-11)29-19(25-26-27-29)18-17(14-9-12(21)3-6-15(14)22)24-16-10-23-7-8-28(16)18/h1-10H. The van der Waals surface area contributed by atoms with Gasteiger partial charge in [-0.15, -0.1) is 5.10 Å². The van der Waals surface area contributed by atoms with Gasteiger partial charge in [0.1, 0.15) is 11.4 Å². The van der Waals surface area contributed by atoms with Crippen molar-refractivity contribution in [3.05, 3.63) is 76.1 Å². The molecule has 0 saturated carbocycles. The van der Waals surface area contributed by atoms with Crippen molar-refractivity contribution >= 4 is 40.4 Å². The summed E-state index contributed by atoms with van der Waals surface area (Å²) in [7, 11) is 0. The Labute approximate surface area is 179 Å². The molecule has 0 radical (unpaired) electrons. The molecule has 0 bridgehead atoms. The Morgan fingerprint density at radius 2 is 1.69 bits per heavy atom. The lowest BCUT2D eigenvalue weighted by Crippen LogP contribution is -2.02. The molecule has 142 valence electrons. The number of nitrogens with zero attached hydrogens (tertiary/aromatic N) is 7. The summed E-state index contributed by atoms with van der Waals surface area (Å²) < 4.78 is 3.47. The smallest absolute Gasteiger partial charge is 0.206 e. The lowest BCUT2D eigenvalue weighted by Gasteiger charge is -2.08. The van der Waals surface area contributed by atoms with Crippen LogP contribution < -0.4 is 0 Å². The lowest BCUT2D eigenvalue weighted by atomic mass is 10.1. The molecule has 5 aromatic rings. The third kappa shape index (κ3) is 3.13. The molecule has 0 atom stereocenters. The third-order valence-corrected chi connectivity index (χ3v) is 5.18. The Balaban J connectivity index is 1.82. The van der Waals surface area contributed by atoms with Crippen LogP contribution in [-0.2, 0) is 0 Å². The van der Waals surface area contributed by atoms with Gasteiger partial charge < -0.3 is 0 Å². The minimum atomic E-state index is 0.483. The van der Waals surface area contributed by atoms with Crippen molar-refractivity contribution in [3.8, 4) is 28.5 Å². The van der Waals surface area contributed by atoms with E-state index in [0.717, 1.165) is 5.69 Å². The highest BCUT2D eigenvalue weighted by atomic mass is 35.5. The summed E-state index contributed by atoms with van der Waals surface area (Å²) in [5.74, 6) is 0.483. The van der Waals surface area contributed by atoms with Crippen LogP contribution in [0.5, 0.6) is 0 Å². The Bertz CT molecular complexity index is 1340. The van der Waals surface area contributed by atoms with Gasteiger partial charge >= 0.3 is 0 Å². The molecule has 3 aromatic heterocycles. The number of rotatable bonds is 3. The van der Waals surface area contributed by atoms with E-state index >= 15 is 0 Å². The van der Waals surface area contributed by atoms with E-state index in [1.54, 1.807) is 53.6 Å². The third-order valence-electron chi connectivity index (χ3n) is 4.37. The Morgan fingerprint density at radius 1 is 0.897 bits per heavy atom. The summed E-state index contributed by atoms with van der Waals surface area (Å²) in [6.07, 6.45) is 5.11. The van der Waals surface area contributed by atoms with Crippen LogP contribution in [0.15, 0.2) is 61.1 Å². The van der Waals surface area contributed by atoms with Crippen LogP contribution >= 0.6 is 34.8 Å². The van der Waals surface area contributed by atoms with Gasteiger partial charge in [-0.3, -0.25) is 9.38 Å². The maximum absolute atomic E-state index is 6.47. The van der Waals surface area contributed by atoms with Crippen molar-refractivity contribution in [2.45, 2.75) is 0 Å². The molecule has 0 N–H and O–H groups in total. The van der Waals surface area contributed by atoms with Crippen LogP contribution in [0.25, 0.3) is 34.1 Å². The molecule has 29 heavy (non-hydrogen) atoms. The van der Waals surface area contributed by atoms with Gasteiger partial charge in [-0.2, -0.15) is 4.68 Å². The molecule has 0 aliphatic carbocycles. The molecular weight excluding hydrogens is 433 g/mol. The molecule has 0 unspecified atom stereocenters. The number of tetrazole rings is 1. The number of halogens is 3. The zero-order valence-electron chi connectivity index (χ0n) is 14.5. The first kappa shape index (κ1) is 18.1. The molecule has 7 nitrogen and oxygen atoms in total. The monoisotopic (exact) mass is 441 g/mol. The molecule has 0 fully saturated rings. The van der Waals surface area contributed by atoms with E-state index in [-0.39, 0.29) is 0 Å². The van der Waals surface area contributed by atoms with E-state index < -0.39 is 0 Å². The van der Waals surface area contributed by atoms with E-state index in [2.05, 4.69) is 20.5 Å². The summed E-state index contributed by atoms with van der Waals surface area (Å²) in [6, 6.07) is 12.4. The van der Waals surface area contributed by atoms with Crippen molar-refractivity contribution in [1.29, 1.82) is 0 Å². The maximum atomic E-state index is 6.47.